The molecule has 4 nitrogen and oxygen atoms in total. The van der Waals surface area contributed by atoms with Gasteiger partial charge in [-0.1, -0.05) is 91.0 Å². The normalized spacial score (nSPS) is 11.3. The van der Waals surface area contributed by atoms with Gasteiger partial charge in [-0.25, -0.2) is 9.97 Å². The topological polar surface area (TPSA) is 32.3 Å². The molecule has 0 N–H and O–H groups in total. The Labute approximate surface area is 244 Å². The molecule has 198 valence electrons. The molecule has 1 heterocycles. The molecule has 0 bridgehead atoms. The molecule has 0 amide bonds. The molecule has 0 aliphatic carbocycles. The predicted octanol–water partition coefficient (Wildman–Crippen LogP) is 10.3. The van der Waals surface area contributed by atoms with Crippen molar-refractivity contribution < 1.29 is 0 Å². The van der Waals surface area contributed by atoms with Crippen molar-refractivity contribution in [2.45, 2.75) is 0 Å². The third-order valence-corrected chi connectivity index (χ3v) is 7.90. The van der Waals surface area contributed by atoms with E-state index in [1.807, 2.05) is 12.1 Å². The number of hydrogen-bond donors (Lipinski definition) is 0. The molecule has 0 aliphatic heterocycles. The van der Waals surface area contributed by atoms with Gasteiger partial charge in [0.15, 0.2) is 0 Å². The van der Waals surface area contributed by atoms with Crippen molar-refractivity contribution in [3.05, 3.63) is 158 Å². The summed E-state index contributed by atoms with van der Waals surface area (Å²) in [5, 5.41) is 7.28. The van der Waals surface area contributed by atoms with Gasteiger partial charge in [-0.3, -0.25) is 4.90 Å². The first-order valence-electron chi connectivity index (χ1n) is 14.1. The Morgan fingerprint density at radius 1 is 0.357 bits per heavy atom. The van der Waals surface area contributed by atoms with Gasteiger partial charge >= 0.3 is 0 Å². The van der Waals surface area contributed by atoms with Gasteiger partial charge in [0.25, 0.3) is 0 Å². The summed E-state index contributed by atoms with van der Waals surface area (Å²) in [6.07, 6.45) is 3.59. The lowest BCUT2D eigenvalue weighted by atomic mass is 9.92. The maximum atomic E-state index is 4.65. The highest BCUT2D eigenvalue weighted by atomic mass is 15.3. The highest BCUT2D eigenvalue weighted by Crippen LogP contribution is 2.46. The molecule has 1 aromatic heterocycles. The lowest BCUT2D eigenvalue weighted by molar-refractivity contribution is 1.08. The minimum Gasteiger partial charge on any atom is -0.310 e. The Kier molecular flexibility index (Phi) is 5.75. The molecule has 0 fully saturated rings. The van der Waals surface area contributed by atoms with Gasteiger partial charge in [-0.2, -0.15) is 0 Å². The van der Waals surface area contributed by atoms with Crippen molar-refractivity contribution >= 4 is 66.7 Å². The second kappa shape index (κ2) is 10.0. The van der Waals surface area contributed by atoms with Crippen LogP contribution < -0.4 is 9.80 Å². The summed E-state index contributed by atoms with van der Waals surface area (Å²) in [7, 11) is 0. The van der Waals surface area contributed by atoms with E-state index in [0.29, 0.717) is 5.95 Å². The summed E-state index contributed by atoms with van der Waals surface area (Å²) in [5.41, 5.74) is 5.44. The fourth-order valence-corrected chi connectivity index (χ4v) is 6.09. The van der Waals surface area contributed by atoms with Crippen LogP contribution in [0.3, 0.4) is 0 Å². The van der Waals surface area contributed by atoms with Gasteiger partial charge < -0.3 is 4.90 Å². The van der Waals surface area contributed by atoms with Crippen molar-refractivity contribution in [3.63, 3.8) is 0 Å². The smallest absolute Gasteiger partial charge is 0.234 e. The Morgan fingerprint density at radius 3 is 1.24 bits per heavy atom. The summed E-state index contributed by atoms with van der Waals surface area (Å²) in [6, 6.07) is 51.3. The van der Waals surface area contributed by atoms with Crippen LogP contribution in [0.2, 0.25) is 0 Å². The van der Waals surface area contributed by atoms with Gasteiger partial charge in [0.05, 0.1) is 11.4 Å². The van der Waals surface area contributed by atoms with Crippen LogP contribution in [0, 0.1) is 0 Å². The van der Waals surface area contributed by atoms with Crippen molar-refractivity contribution in [1.82, 2.24) is 9.97 Å². The highest BCUT2D eigenvalue weighted by Gasteiger charge is 2.22. The number of hydrogen-bond acceptors (Lipinski definition) is 4. The van der Waals surface area contributed by atoms with E-state index in [9.17, 15) is 0 Å². The van der Waals surface area contributed by atoms with Gasteiger partial charge in [-0.15, -0.1) is 0 Å². The molecule has 0 spiro atoms. The molecule has 8 rings (SSSR count). The lowest BCUT2D eigenvalue weighted by Gasteiger charge is -2.28. The maximum Gasteiger partial charge on any atom is 0.234 e. The first-order chi connectivity index (χ1) is 20.9. The Hall–Kier alpha value is -5.74. The zero-order valence-electron chi connectivity index (χ0n) is 22.8. The van der Waals surface area contributed by atoms with E-state index < -0.39 is 0 Å². The summed E-state index contributed by atoms with van der Waals surface area (Å²) >= 11 is 0. The monoisotopic (exact) mass is 538 g/mol. The molecule has 0 saturated carbocycles. The third-order valence-electron chi connectivity index (χ3n) is 7.90. The van der Waals surface area contributed by atoms with Crippen LogP contribution in [-0.2, 0) is 0 Å². The van der Waals surface area contributed by atoms with Crippen LogP contribution in [0.4, 0.5) is 34.4 Å². The number of rotatable bonds is 6. The zero-order valence-corrected chi connectivity index (χ0v) is 22.8. The molecule has 7 aromatic carbocycles. The first-order valence-corrected chi connectivity index (χ1v) is 14.1. The molecule has 42 heavy (non-hydrogen) atoms. The Morgan fingerprint density at radius 2 is 0.762 bits per heavy atom. The highest BCUT2D eigenvalue weighted by molar-refractivity contribution is 6.28. The first kappa shape index (κ1) is 24.1. The summed E-state index contributed by atoms with van der Waals surface area (Å²) < 4.78 is 0. The van der Waals surface area contributed by atoms with E-state index in [0.717, 1.165) is 33.8 Å². The third kappa shape index (κ3) is 3.93. The molecule has 0 saturated heterocycles. The number of nitrogens with zero attached hydrogens (tertiary/aromatic N) is 4. The molecule has 0 unspecified atom stereocenters. The minimum absolute atomic E-state index is 0.638. The molecule has 0 radical (unpaired) electrons. The average Bonchev–Trinajstić information content (AvgIpc) is 3.07. The van der Waals surface area contributed by atoms with Gasteiger partial charge in [0.1, 0.15) is 0 Å². The lowest BCUT2D eigenvalue weighted by Crippen LogP contribution is -2.13. The molecular weight excluding hydrogens is 512 g/mol. The molecule has 8 aromatic rings. The number of para-hydroxylation sites is 3. The number of benzene rings is 7. The summed E-state index contributed by atoms with van der Waals surface area (Å²) in [6.45, 7) is 0. The van der Waals surface area contributed by atoms with Crippen LogP contribution in [0.5, 0.6) is 0 Å². The van der Waals surface area contributed by atoms with Crippen molar-refractivity contribution in [1.29, 1.82) is 0 Å². The van der Waals surface area contributed by atoms with Crippen LogP contribution in [-0.4, -0.2) is 9.97 Å². The van der Waals surface area contributed by atoms with Crippen LogP contribution >= 0.6 is 0 Å². The van der Waals surface area contributed by atoms with Crippen LogP contribution in [0.1, 0.15) is 0 Å². The van der Waals surface area contributed by atoms with Crippen LogP contribution in [0.15, 0.2) is 158 Å². The van der Waals surface area contributed by atoms with Crippen molar-refractivity contribution in [3.8, 4) is 0 Å². The molecule has 4 heteroatoms. The van der Waals surface area contributed by atoms with E-state index >= 15 is 0 Å². The molecule has 0 aliphatic rings. The van der Waals surface area contributed by atoms with E-state index in [-0.39, 0.29) is 0 Å². The van der Waals surface area contributed by atoms with Crippen molar-refractivity contribution in [2.75, 3.05) is 9.80 Å². The van der Waals surface area contributed by atoms with Gasteiger partial charge in [0.2, 0.25) is 5.95 Å². The van der Waals surface area contributed by atoms with E-state index in [1.165, 1.54) is 26.9 Å². The Balaban J connectivity index is 1.42. The minimum atomic E-state index is 0.638. The summed E-state index contributed by atoms with van der Waals surface area (Å²) in [5.74, 6) is 0.638. The van der Waals surface area contributed by atoms with Gasteiger partial charge in [0, 0.05) is 40.2 Å². The quantitative estimate of drug-likeness (QED) is 0.197. The fraction of sp³-hybridized carbons (Fsp3) is 0. The van der Waals surface area contributed by atoms with E-state index in [2.05, 4.69) is 153 Å². The number of aromatic nitrogens is 2. The SMILES string of the molecule is c1ccc(N(c2ccccc2)c2ccc3ccc4c(N(c5ccccc5)c5ncccn5)ccc5ccc2c3c54)cc1. The Bertz CT molecular complexity index is 1890. The average molecular weight is 539 g/mol. The zero-order chi connectivity index (χ0) is 27.9. The van der Waals surface area contributed by atoms with Gasteiger partial charge in [-0.05, 0) is 76.1 Å². The van der Waals surface area contributed by atoms with Crippen LogP contribution in [0.25, 0.3) is 32.3 Å². The maximum absolute atomic E-state index is 4.65. The predicted molar refractivity (Wildman–Crippen MR) is 175 cm³/mol. The molecular formula is C38H26N4. The number of anilines is 6. The second-order valence-electron chi connectivity index (χ2n) is 10.3. The standard InChI is InChI=1S/C38H26N4/c1-4-11-29(12-5-1)41(30-13-6-2-7-14-30)34-23-19-27-18-22-33-35(24-20-28-17-21-32(34)36(27)37(28)33)42(31-15-8-3-9-16-31)38-39-25-10-26-40-38/h1-26H. The second-order valence-corrected chi connectivity index (χ2v) is 10.3. The largest absolute Gasteiger partial charge is 0.310 e. The van der Waals surface area contributed by atoms with Crippen molar-refractivity contribution in [2.24, 2.45) is 0 Å². The molecule has 0 atom stereocenters. The fourth-order valence-electron chi connectivity index (χ4n) is 6.09. The van der Waals surface area contributed by atoms with E-state index in [4.69, 9.17) is 0 Å². The van der Waals surface area contributed by atoms with E-state index in [1.54, 1.807) is 12.4 Å². The summed E-state index contributed by atoms with van der Waals surface area (Å²) in [4.78, 5) is 13.8.